The van der Waals surface area contributed by atoms with Crippen molar-refractivity contribution >= 4 is 68.4 Å². The van der Waals surface area contributed by atoms with Gasteiger partial charge in [-0.05, 0) is 69.2 Å². The summed E-state index contributed by atoms with van der Waals surface area (Å²) >= 11 is 16.9. The standard InChI is InChI=1S/C23H24BrCl2N5O2S/c1-5-31-21(14(4)27-22(33)16-7-6-15(25)10-18(16)26)29-30-23(31)34-11-20(32)28-19-9-8-17(24)12(2)13(19)3/h6-10,14H,5,11H2,1-4H3,(H,27,33)(H,28,32)/t14-/m0/s1. The van der Waals surface area contributed by atoms with Crippen molar-refractivity contribution in [1.82, 2.24) is 20.1 Å². The van der Waals surface area contributed by atoms with E-state index in [1.54, 1.807) is 12.1 Å². The quantitative estimate of drug-likeness (QED) is 0.307. The van der Waals surface area contributed by atoms with Crippen molar-refractivity contribution < 1.29 is 9.59 Å². The maximum Gasteiger partial charge on any atom is 0.253 e. The molecule has 1 heterocycles. The first-order chi connectivity index (χ1) is 16.1. The molecule has 1 atom stereocenters. The topological polar surface area (TPSA) is 88.9 Å². The van der Waals surface area contributed by atoms with E-state index in [0.29, 0.717) is 28.1 Å². The van der Waals surface area contributed by atoms with Gasteiger partial charge in [0.25, 0.3) is 5.91 Å². The first kappa shape index (κ1) is 26.5. The van der Waals surface area contributed by atoms with Gasteiger partial charge < -0.3 is 15.2 Å². The van der Waals surface area contributed by atoms with Crippen molar-refractivity contribution in [3.05, 3.63) is 67.4 Å². The fourth-order valence-corrected chi connectivity index (χ4v) is 5.01. The molecule has 3 aromatic rings. The zero-order chi connectivity index (χ0) is 25.0. The monoisotopic (exact) mass is 583 g/mol. The second-order valence-corrected chi connectivity index (χ2v) is 10.2. The van der Waals surface area contributed by atoms with E-state index in [-0.39, 0.29) is 22.6 Å². The molecule has 3 rings (SSSR count). The summed E-state index contributed by atoms with van der Waals surface area (Å²) < 4.78 is 2.88. The van der Waals surface area contributed by atoms with Gasteiger partial charge in [-0.3, -0.25) is 9.59 Å². The lowest BCUT2D eigenvalue weighted by Gasteiger charge is -2.16. The van der Waals surface area contributed by atoms with Crippen LogP contribution in [-0.4, -0.2) is 32.3 Å². The molecule has 7 nitrogen and oxygen atoms in total. The molecular weight excluding hydrogens is 561 g/mol. The molecule has 0 spiro atoms. The molecule has 0 fully saturated rings. The highest BCUT2D eigenvalue weighted by Gasteiger charge is 2.21. The van der Waals surface area contributed by atoms with Gasteiger partial charge in [-0.25, -0.2) is 0 Å². The lowest BCUT2D eigenvalue weighted by atomic mass is 10.1. The van der Waals surface area contributed by atoms with E-state index in [9.17, 15) is 9.59 Å². The third-order valence-electron chi connectivity index (χ3n) is 5.30. The number of amides is 2. The number of halogens is 3. The highest BCUT2D eigenvalue weighted by atomic mass is 79.9. The summed E-state index contributed by atoms with van der Waals surface area (Å²) in [5, 5.41) is 15.7. The molecule has 0 aliphatic heterocycles. The Bertz CT molecular complexity index is 1230. The van der Waals surface area contributed by atoms with Crippen molar-refractivity contribution in [2.45, 2.75) is 45.4 Å². The summed E-state index contributed by atoms with van der Waals surface area (Å²) in [7, 11) is 0. The molecular formula is C23H24BrCl2N5O2S. The minimum Gasteiger partial charge on any atom is -0.342 e. The van der Waals surface area contributed by atoms with Crippen LogP contribution in [0.4, 0.5) is 5.69 Å². The Balaban J connectivity index is 1.66. The summed E-state index contributed by atoms with van der Waals surface area (Å²) in [5.74, 6) is 0.283. The zero-order valence-electron chi connectivity index (χ0n) is 19.1. The molecule has 1 aromatic heterocycles. The van der Waals surface area contributed by atoms with Crippen LogP contribution in [0.1, 0.15) is 47.2 Å². The third kappa shape index (κ3) is 6.13. The van der Waals surface area contributed by atoms with Crippen LogP contribution in [0.3, 0.4) is 0 Å². The Kier molecular flexibility index (Phi) is 9.03. The Morgan fingerprint density at radius 3 is 2.56 bits per heavy atom. The van der Waals surface area contributed by atoms with E-state index in [1.807, 2.05) is 44.4 Å². The average Bonchev–Trinajstić information content (AvgIpc) is 3.21. The number of aromatic nitrogens is 3. The van der Waals surface area contributed by atoms with Crippen LogP contribution in [-0.2, 0) is 11.3 Å². The maximum absolute atomic E-state index is 12.7. The minimum absolute atomic E-state index is 0.138. The van der Waals surface area contributed by atoms with Gasteiger partial charge in [0.15, 0.2) is 11.0 Å². The van der Waals surface area contributed by atoms with Crippen LogP contribution in [0.5, 0.6) is 0 Å². The predicted molar refractivity (Wildman–Crippen MR) is 141 cm³/mol. The third-order valence-corrected chi connectivity index (χ3v) is 7.67. The Labute approximate surface area is 221 Å². The van der Waals surface area contributed by atoms with Gasteiger partial charge in [-0.2, -0.15) is 0 Å². The van der Waals surface area contributed by atoms with Crippen molar-refractivity contribution in [2.24, 2.45) is 0 Å². The number of carbonyl (C=O) groups is 2. The predicted octanol–water partition coefficient (Wildman–Crippen LogP) is 6.21. The molecule has 2 N–H and O–H groups in total. The zero-order valence-corrected chi connectivity index (χ0v) is 23.0. The molecule has 34 heavy (non-hydrogen) atoms. The fraction of sp³-hybridized carbons (Fsp3) is 0.304. The van der Waals surface area contributed by atoms with Gasteiger partial charge in [0.1, 0.15) is 0 Å². The van der Waals surface area contributed by atoms with Crippen LogP contribution < -0.4 is 10.6 Å². The summed E-state index contributed by atoms with van der Waals surface area (Å²) in [4.78, 5) is 25.2. The molecule has 0 saturated carbocycles. The smallest absolute Gasteiger partial charge is 0.253 e. The van der Waals surface area contributed by atoms with E-state index >= 15 is 0 Å². The van der Waals surface area contributed by atoms with Gasteiger partial charge in [-0.1, -0.05) is 50.9 Å². The molecule has 0 bridgehead atoms. The Morgan fingerprint density at radius 2 is 1.88 bits per heavy atom. The number of rotatable bonds is 8. The number of thioether (sulfide) groups is 1. The van der Waals surface area contributed by atoms with Gasteiger partial charge in [0, 0.05) is 21.7 Å². The van der Waals surface area contributed by atoms with Crippen LogP contribution in [0.25, 0.3) is 0 Å². The summed E-state index contributed by atoms with van der Waals surface area (Å²) in [6.45, 7) is 8.32. The molecule has 2 aromatic carbocycles. The highest BCUT2D eigenvalue weighted by Crippen LogP contribution is 2.27. The molecule has 0 radical (unpaired) electrons. The van der Waals surface area contributed by atoms with E-state index in [1.165, 1.54) is 17.8 Å². The number of anilines is 1. The first-order valence-corrected chi connectivity index (χ1v) is 13.0. The molecule has 180 valence electrons. The average molecular weight is 585 g/mol. The molecule has 11 heteroatoms. The second-order valence-electron chi connectivity index (χ2n) is 7.59. The number of hydrogen-bond acceptors (Lipinski definition) is 5. The minimum atomic E-state index is -0.428. The number of benzene rings is 2. The van der Waals surface area contributed by atoms with E-state index in [2.05, 4.69) is 36.8 Å². The van der Waals surface area contributed by atoms with Crippen molar-refractivity contribution in [3.63, 3.8) is 0 Å². The summed E-state index contributed by atoms with van der Waals surface area (Å²) in [6.07, 6.45) is 0. The van der Waals surface area contributed by atoms with E-state index < -0.39 is 6.04 Å². The number of hydrogen-bond donors (Lipinski definition) is 2. The summed E-state index contributed by atoms with van der Waals surface area (Å²) in [6, 6.07) is 8.07. The highest BCUT2D eigenvalue weighted by molar-refractivity contribution is 9.10. The normalized spacial score (nSPS) is 11.9. The Morgan fingerprint density at radius 1 is 1.15 bits per heavy atom. The van der Waals surface area contributed by atoms with Crippen LogP contribution in [0, 0.1) is 13.8 Å². The number of carbonyl (C=O) groups excluding carboxylic acids is 2. The molecule has 0 aliphatic carbocycles. The van der Waals surface area contributed by atoms with Crippen LogP contribution in [0.15, 0.2) is 40.0 Å². The van der Waals surface area contributed by atoms with Crippen molar-refractivity contribution in [3.8, 4) is 0 Å². The molecule has 0 unspecified atom stereocenters. The second kappa shape index (κ2) is 11.6. The first-order valence-electron chi connectivity index (χ1n) is 10.5. The number of nitrogens with one attached hydrogen (secondary N) is 2. The molecule has 0 saturated heterocycles. The van der Waals surface area contributed by atoms with Crippen LogP contribution in [0.2, 0.25) is 10.0 Å². The summed E-state index contributed by atoms with van der Waals surface area (Å²) in [5.41, 5.74) is 3.19. The van der Waals surface area contributed by atoms with E-state index in [0.717, 1.165) is 21.3 Å². The number of nitrogens with zero attached hydrogens (tertiary/aromatic N) is 3. The SMILES string of the molecule is CCn1c(SCC(=O)Nc2ccc(Br)c(C)c2C)nnc1[C@H](C)NC(=O)c1ccc(Cl)cc1Cl. The lowest BCUT2D eigenvalue weighted by molar-refractivity contribution is -0.113. The van der Waals surface area contributed by atoms with Gasteiger partial charge in [0.2, 0.25) is 5.91 Å². The van der Waals surface area contributed by atoms with Crippen molar-refractivity contribution in [1.29, 1.82) is 0 Å². The fourth-order valence-electron chi connectivity index (χ4n) is 3.28. The van der Waals surface area contributed by atoms with Crippen molar-refractivity contribution in [2.75, 3.05) is 11.1 Å². The maximum atomic E-state index is 12.7. The van der Waals surface area contributed by atoms with Crippen LogP contribution >= 0.6 is 50.9 Å². The molecule has 2 amide bonds. The van der Waals surface area contributed by atoms with Gasteiger partial charge in [-0.15, -0.1) is 10.2 Å². The molecule has 0 aliphatic rings. The van der Waals surface area contributed by atoms with Gasteiger partial charge >= 0.3 is 0 Å². The largest absolute Gasteiger partial charge is 0.342 e. The lowest BCUT2D eigenvalue weighted by Crippen LogP contribution is -2.29. The van der Waals surface area contributed by atoms with Gasteiger partial charge in [0.05, 0.1) is 22.4 Å². The Hall–Kier alpha value is -2.07. The van der Waals surface area contributed by atoms with E-state index in [4.69, 9.17) is 23.2 Å².